The molecule has 1 aromatic heterocycles. The van der Waals surface area contributed by atoms with Gasteiger partial charge in [0.1, 0.15) is 5.69 Å². The smallest absolute Gasteiger partial charge is 0.110 e. The molecule has 14 heavy (non-hydrogen) atoms. The fourth-order valence-electron chi connectivity index (χ4n) is 1.39. The van der Waals surface area contributed by atoms with Crippen LogP contribution >= 0.6 is 11.8 Å². The Morgan fingerprint density at radius 1 is 1.71 bits per heavy atom. The number of aromatic nitrogens is 3. The summed E-state index contributed by atoms with van der Waals surface area (Å²) in [7, 11) is 0. The van der Waals surface area contributed by atoms with Crippen LogP contribution in [0.25, 0.3) is 0 Å². The van der Waals surface area contributed by atoms with Gasteiger partial charge in [0.05, 0.1) is 11.6 Å². The highest BCUT2D eigenvalue weighted by Crippen LogP contribution is 2.27. The number of aliphatic hydroxyl groups is 1. The third kappa shape index (κ3) is 2.26. The van der Waals surface area contributed by atoms with Crippen LogP contribution in [0.4, 0.5) is 0 Å². The van der Waals surface area contributed by atoms with Crippen molar-refractivity contribution in [3.05, 3.63) is 11.9 Å². The van der Waals surface area contributed by atoms with Crippen LogP contribution in [0.1, 0.15) is 17.5 Å². The lowest BCUT2D eigenvalue weighted by Gasteiger charge is -2.02. The average molecular weight is 214 g/mol. The molecule has 2 rings (SSSR count). The zero-order valence-corrected chi connectivity index (χ0v) is 8.70. The number of rotatable bonds is 4. The predicted octanol–water partition coefficient (Wildman–Crippen LogP) is -0.00450. The van der Waals surface area contributed by atoms with Gasteiger partial charge in [0.15, 0.2) is 0 Å². The summed E-state index contributed by atoms with van der Waals surface area (Å²) in [5.74, 6) is 1.13. The summed E-state index contributed by atoms with van der Waals surface area (Å²) in [6.45, 7) is 1.98. The molecule has 0 amide bonds. The first-order valence-corrected chi connectivity index (χ1v) is 5.81. The molecule has 0 aromatic carbocycles. The van der Waals surface area contributed by atoms with Gasteiger partial charge in [0.2, 0.25) is 0 Å². The van der Waals surface area contributed by atoms with Crippen molar-refractivity contribution >= 4 is 11.8 Å². The van der Waals surface area contributed by atoms with Crippen LogP contribution in [0.2, 0.25) is 0 Å². The first-order valence-electron chi connectivity index (χ1n) is 4.76. The van der Waals surface area contributed by atoms with E-state index >= 15 is 0 Å². The molecule has 5 nitrogen and oxygen atoms in total. The van der Waals surface area contributed by atoms with Crippen molar-refractivity contribution in [2.75, 3.05) is 18.9 Å². The van der Waals surface area contributed by atoms with E-state index in [1.807, 2.05) is 18.0 Å². The number of nitrogens with zero attached hydrogens (tertiary/aromatic N) is 3. The normalized spacial score (nSPS) is 21.6. The molecule has 1 aliphatic rings. The van der Waals surface area contributed by atoms with E-state index in [1.165, 1.54) is 0 Å². The summed E-state index contributed by atoms with van der Waals surface area (Å²) >= 11 is 1.86. The molecule has 0 radical (unpaired) electrons. The molecule has 6 heteroatoms. The fraction of sp³-hybridized carbons (Fsp3) is 0.750. The molecule has 2 heterocycles. The Bertz CT molecular complexity index is 285. The van der Waals surface area contributed by atoms with Crippen LogP contribution in [-0.4, -0.2) is 39.0 Å². The van der Waals surface area contributed by atoms with Crippen LogP contribution < -0.4 is 5.32 Å². The van der Waals surface area contributed by atoms with Gasteiger partial charge in [-0.3, -0.25) is 10.00 Å². The van der Waals surface area contributed by atoms with E-state index < -0.39 is 0 Å². The van der Waals surface area contributed by atoms with Crippen molar-refractivity contribution in [3.8, 4) is 0 Å². The van der Waals surface area contributed by atoms with Gasteiger partial charge in [-0.05, 0) is 6.42 Å². The lowest BCUT2D eigenvalue weighted by atomic mass is 10.4. The van der Waals surface area contributed by atoms with Crippen molar-refractivity contribution < 1.29 is 5.11 Å². The highest BCUT2D eigenvalue weighted by molar-refractivity contribution is 7.99. The Morgan fingerprint density at radius 3 is 3.36 bits per heavy atom. The van der Waals surface area contributed by atoms with E-state index in [0.29, 0.717) is 5.37 Å². The summed E-state index contributed by atoms with van der Waals surface area (Å²) in [4.78, 5) is 0. The molecule has 0 saturated carbocycles. The Kier molecular flexibility index (Phi) is 3.39. The number of aryl methyl sites for hydroxylation is 1. The third-order valence-corrected chi connectivity index (χ3v) is 3.27. The second kappa shape index (κ2) is 4.77. The third-order valence-electron chi connectivity index (χ3n) is 2.09. The molecule has 1 fully saturated rings. The van der Waals surface area contributed by atoms with Gasteiger partial charge in [0.25, 0.3) is 0 Å². The molecular formula is C8H14N4OS. The molecular weight excluding hydrogens is 200 g/mol. The molecule has 0 bridgehead atoms. The van der Waals surface area contributed by atoms with Crippen LogP contribution in [0.3, 0.4) is 0 Å². The van der Waals surface area contributed by atoms with E-state index in [-0.39, 0.29) is 6.61 Å². The zero-order valence-electron chi connectivity index (χ0n) is 7.89. The zero-order chi connectivity index (χ0) is 9.80. The van der Waals surface area contributed by atoms with E-state index in [4.69, 9.17) is 5.11 Å². The van der Waals surface area contributed by atoms with E-state index in [1.54, 1.807) is 4.68 Å². The van der Waals surface area contributed by atoms with Gasteiger partial charge in [-0.15, -0.1) is 16.9 Å². The summed E-state index contributed by atoms with van der Waals surface area (Å²) < 4.78 is 1.78. The van der Waals surface area contributed by atoms with Crippen molar-refractivity contribution in [2.45, 2.75) is 18.3 Å². The van der Waals surface area contributed by atoms with Crippen LogP contribution in [0.15, 0.2) is 6.20 Å². The van der Waals surface area contributed by atoms with E-state index in [9.17, 15) is 0 Å². The van der Waals surface area contributed by atoms with Crippen molar-refractivity contribution in [1.82, 2.24) is 20.3 Å². The average Bonchev–Trinajstić information content (AvgIpc) is 2.85. The number of thioether (sulfide) groups is 1. The van der Waals surface area contributed by atoms with Gasteiger partial charge < -0.3 is 5.11 Å². The monoisotopic (exact) mass is 214 g/mol. The van der Waals surface area contributed by atoms with Crippen LogP contribution in [0, 0.1) is 0 Å². The molecule has 2 N–H and O–H groups in total. The van der Waals surface area contributed by atoms with E-state index in [2.05, 4.69) is 15.6 Å². The molecule has 78 valence electrons. The highest BCUT2D eigenvalue weighted by Gasteiger charge is 2.19. The largest absolute Gasteiger partial charge is 0.396 e. The van der Waals surface area contributed by atoms with Crippen molar-refractivity contribution in [1.29, 1.82) is 0 Å². The standard InChI is InChI=1S/C8H14N4OS/c13-4-1-3-12-6-7(10-11-12)8-9-2-5-14-8/h6,8-9,13H,1-5H2. The molecule has 1 aliphatic heterocycles. The maximum absolute atomic E-state index is 8.67. The predicted molar refractivity (Wildman–Crippen MR) is 54.9 cm³/mol. The second-order valence-electron chi connectivity index (χ2n) is 3.19. The van der Waals surface area contributed by atoms with Crippen LogP contribution in [0.5, 0.6) is 0 Å². The van der Waals surface area contributed by atoms with Gasteiger partial charge in [-0.25, -0.2) is 0 Å². The minimum Gasteiger partial charge on any atom is -0.396 e. The van der Waals surface area contributed by atoms with Crippen LogP contribution in [-0.2, 0) is 6.54 Å². The maximum atomic E-state index is 8.67. The summed E-state index contributed by atoms with van der Waals surface area (Å²) in [5, 5.41) is 20.4. The Morgan fingerprint density at radius 2 is 2.64 bits per heavy atom. The number of nitrogens with one attached hydrogen (secondary N) is 1. The summed E-state index contributed by atoms with van der Waals surface area (Å²) in [6, 6.07) is 0. The van der Waals surface area contributed by atoms with Gasteiger partial charge in [-0.2, -0.15) is 0 Å². The molecule has 0 spiro atoms. The minimum absolute atomic E-state index is 0.200. The fourth-order valence-corrected chi connectivity index (χ4v) is 2.38. The first-order chi connectivity index (χ1) is 6.90. The number of hydrogen-bond acceptors (Lipinski definition) is 5. The molecule has 1 aromatic rings. The Labute approximate surface area is 86.9 Å². The SMILES string of the molecule is OCCCn1cc(C2NCCS2)nn1. The first kappa shape index (κ1) is 9.95. The highest BCUT2D eigenvalue weighted by atomic mass is 32.2. The molecule has 0 aliphatic carbocycles. The molecule has 1 atom stereocenters. The molecule has 1 saturated heterocycles. The number of aliphatic hydroxyl groups excluding tert-OH is 1. The lowest BCUT2D eigenvalue weighted by molar-refractivity contribution is 0.276. The summed E-state index contributed by atoms with van der Waals surface area (Å²) in [6.07, 6.45) is 2.68. The van der Waals surface area contributed by atoms with E-state index in [0.717, 1.165) is 31.0 Å². The summed E-state index contributed by atoms with van der Waals surface area (Å²) in [5.41, 5.74) is 0.991. The lowest BCUT2D eigenvalue weighted by Crippen LogP contribution is -2.12. The Hall–Kier alpha value is -0.590. The van der Waals surface area contributed by atoms with Gasteiger partial charge in [0, 0.05) is 25.4 Å². The topological polar surface area (TPSA) is 63.0 Å². The minimum atomic E-state index is 0.200. The van der Waals surface area contributed by atoms with Gasteiger partial charge in [-0.1, -0.05) is 5.21 Å². The second-order valence-corrected chi connectivity index (χ2v) is 4.40. The number of hydrogen-bond donors (Lipinski definition) is 2. The van der Waals surface area contributed by atoms with Crippen molar-refractivity contribution in [2.24, 2.45) is 0 Å². The quantitative estimate of drug-likeness (QED) is 0.738. The molecule has 1 unspecified atom stereocenters. The Balaban J connectivity index is 1.94. The van der Waals surface area contributed by atoms with Gasteiger partial charge >= 0.3 is 0 Å². The van der Waals surface area contributed by atoms with Crippen molar-refractivity contribution in [3.63, 3.8) is 0 Å². The maximum Gasteiger partial charge on any atom is 0.110 e.